The molecule has 0 spiro atoms. The standard InChI is InChI=1S/C14H24N2O/c1-6-14(4,5)17-12-8-9-13(16-10-12)11(3)15-7-2/h8-11,15H,6-7H2,1-5H3. The Balaban J connectivity index is 2.68. The van der Waals surface area contributed by atoms with Crippen molar-refractivity contribution in [2.45, 2.75) is 52.7 Å². The molecule has 1 rings (SSSR count). The summed E-state index contributed by atoms with van der Waals surface area (Å²) in [6.45, 7) is 11.4. The third kappa shape index (κ3) is 4.35. The number of pyridine rings is 1. The summed E-state index contributed by atoms with van der Waals surface area (Å²) in [5, 5.41) is 3.34. The number of hydrogen-bond acceptors (Lipinski definition) is 3. The number of aromatic nitrogens is 1. The van der Waals surface area contributed by atoms with Crippen molar-refractivity contribution >= 4 is 0 Å². The SMILES string of the molecule is CCNC(C)c1ccc(OC(C)(C)CC)cn1. The van der Waals surface area contributed by atoms with E-state index in [9.17, 15) is 0 Å². The van der Waals surface area contributed by atoms with E-state index in [1.165, 1.54) is 0 Å². The summed E-state index contributed by atoms with van der Waals surface area (Å²) in [7, 11) is 0. The summed E-state index contributed by atoms with van der Waals surface area (Å²) in [4.78, 5) is 4.43. The van der Waals surface area contributed by atoms with Gasteiger partial charge in [-0.3, -0.25) is 4.98 Å². The lowest BCUT2D eigenvalue weighted by molar-refractivity contribution is 0.105. The van der Waals surface area contributed by atoms with Crippen LogP contribution in [0.15, 0.2) is 18.3 Å². The molecule has 0 fully saturated rings. The Morgan fingerprint density at radius 1 is 1.35 bits per heavy atom. The van der Waals surface area contributed by atoms with Gasteiger partial charge in [0.2, 0.25) is 0 Å². The van der Waals surface area contributed by atoms with Gasteiger partial charge in [-0.2, -0.15) is 0 Å². The molecule has 1 unspecified atom stereocenters. The largest absolute Gasteiger partial charge is 0.486 e. The van der Waals surface area contributed by atoms with Crippen LogP contribution in [0.1, 0.15) is 52.8 Å². The average molecular weight is 236 g/mol. The molecule has 1 heterocycles. The average Bonchev–Trinajstić information content (AvgIpc) is 2.30. The fourth-order valence-electron chi connectivity index (χ4n) is 1.51. The van der Waals surface area contributed by atoms with Crippen LogP contribution in [0.25, 0.3) is 0 Å². The van der Waals surface area contributed by atoms with E-state index < -0.39 is 0 Å². The lowest BCUT2D eigenvalue weighted by Crippen LogP contribution is -2.27. The Bertz CT molecular complexity index is 333. The summed E-state index contributed by atoms with van der Waals surface area (Å²) < 4.78 is 5.86. The van der Waals surface area contributed by atoms with Crippen LogP contribution in [-0.4, -0.2) is 17.1 Å². The van der Waals surface area contributed by atoms with Gasteiger partial charge in [0.15, 0.2) is 0 Å². The number of ether oxygens (including phenoxy) is 1. The van der Waals surface area contributed by atoms with Crippen molar-refractivity contribution in [2.24, 2.45) is 0 Å². The highest BCUT2D eigenvalue weighted by Crippen LogP contribution is 2.21. The van der Waals surface area contributed by atoms with Gasteiger partial charge >= 0.3 is 0 Å². The highest BCUT2D eigenvalue weighted by Gasteiger charge is 2.17. The van der Waals surface area contributed by atoms with Gasteiger partial charge in [0.05, 0.1) is 11.9 Å². The molecule has 3 heteroatoms. The minimum Gasteiger partial charge on any atom is -0.486 e. The van der Waals surface area contributed by atoms with Crippen LogP contribution in [0, 0.1) is 0 Å². The van der Waals surface area contributed by atoms with Crippen LogP contribution < -0.4 is 10.1 Å². The Morgan fingerprint density at radius 2 is 2.06 bits per heavy atom. The number of rotatable bonds is 6. The van der Waals surface area contributed by atoms with E-state index in [0.29, 0.717) is 0 Å². The van der Waals surface area contributed by atoms with Crippen LogP contribution in [0.5, 0.6) is 5.75 Å². The van der Waals surface area contributed by atoms with Gasteiger partial charge in [-0.25, -0.2) is 0 Å². The first-order valence-electron chi connectivity index (χ1n) is 6.37. The molecule has 1 atom stereocenters. The van der Waals surface area contributed by atoms with Crippen molar-refractivity contribution in [3.05, 3.63) is 24.0 Å². The van der Waals surface area contributed by atoms with Crippen molar-refractivity contribution in [1.82, 2.24) is 10.3 Å². The van der Waals surface area contributed by atoms with Gasteiger partial charge < -0.3 is 10.1 Å². The zero-order valence-electron chi connectivity index (χ0n) is 11.6. The van der Waals surface area contributed by atoms with E-state index in [-0.39, 0.29) is 11.6 Å². The minimum absolute atomic E-state index is 0.128. The van der Waals surface area contributed by atoms with Gasteiger partial charge in [-0.15, -0.1) is 0 Å². The van der Waals surface area contributed by atoms with Crippen LogP contribution >= 0.6 is 0 Å². The molecule has 0 radical (unpaired) electrons. The molecule has 0 aliphatic rings. The first kappa shape index (κ1) is 14.0. The molecule has 0 aromatic carbocycles. The van der Waals surface area contributed by atoms with Gasteiger partial charge in [0.25, 0.3) is 0 Å². The quantitative estimate of drug-likeness (QED) is 0.822. The lowest BCUT2D eigenvalue weighted by Gasteiger charge is -2.24. The van der Waals surface area contributed by atoms with E-state index in [2.05, 4.69) is 44.9 Å². The molecule has 1 aromatic heterocycles. The van der Waals surface area contributed by atoms with Crippen molar-refractivity contribution in [2.75, 3.05) is 6.54 Å². The van der Waals surface area contributed by atoms with Gasteiger partial charge in [-0.05, 0) is 45.9 Å². The van der Waals surface area contributed by atoms with Crippen molar-refractivity contribution < 1.29 is 4.74 Å². The molecule has 1 aromatic rings. The molecule has 1 N–H and O–H groups in total. The first-order chi connectivity index (χ1) is 7.98. The van der Waals surface area contributed by atoms with Gasteiger partial charge in [-0.1, -0.05) is 13.8 Å². The topological polar surface area (TPSA) is 34.1 Å². The Morgan fingerprint density at radius 3 is 2.53 bits per heavy atom. The third-order valence-electron chi connectivity index (χ3n) is 2.96. The summed E-state index contributed by atoms with van der Waals surface area (Å²) in [6.07, 6.45) is 2.78. The normalized spacial score (nSPS) is 13.5. The monoisotopic (exact) mass is 236 g/mol. The Kier molecular flexibility index (Phi) is 4.94. The third-order valence-corrected chi connectivity index (χ3v) is 2.96. The molecule has 3 nitrogen and oxygen atoms in total. The zero-order valence-corrected chi connectivity index (χ0v) is 11.6. The summed E-state index contributed by atoms with van der Waals surface area (Å²) in [6, 6.07) is 4.30. The Labute approximate surface area is 105 Å². The molecular formula is C14H24N2O. The number of nitrogens with one attached hydrogen (secondary N) is 1. The minimum atomic E-state index is -0.128. The van der Waals surface area contributed by atoms with Crippen molar-refractivity contribution in [1.29, 1.82) is 0 Å². The van der Waals surface area contributed by atoms with E-state index in [0.717, 1.165) is 24.4 Å². The summed E-state index contributed by atoms with van der Waals surface area (Å²) in [5.74, 6) is 0.837. The van der Waals surface area contributed by atoms with Crippen molar-refractivity contribution in [3.63, 3.8) is 0 Å². The van der Waals surface area contributed by atoms with Gasteiger partial charge in [0, 0.05) is 6.04 Å². The number of hydrogen-bond donors (Lipinski definition) is 1. The smallest absolute Gasteiger partial charge is 0.138 e. The van der Waals surface area contributed by atoms with Crippen LogP contribution in [0.3, 0.4) is 0 Å². The van der Waals surface area contributed by atoms with E-state index in [4.69, 9.17) is 4.74 Å². The molecular weight excluding hydrogens is 212 g/mol. The second-order valence-corrected chi connectivity index (χ2v) is 4.91. The Hall–Kier alpha value is -1.09. The predicted molar refractivity (Wildman–Crippen MR) is 71.3 cm³/mol. The fraction of sp³-hybridized carbons (Fsp3) is 0.643. The molecule has 0 aliphatic heterocycles. The highest BCUT2D eigenvalue weighted by atomic mass is 16.5. The highest BCUT2D eigenvalue weighted by molar-refractivity contribution is 5.22. The van der Waals surface area contributed by atoms with E-state index >= 15 is 0 Å². The molecule has 0 bridgehead atoms. The molecule has 0 amide bonds. The maximum Gasteiger partial charge on any atom is 0.138 e. The second-order valence-electron chi connectivity index (χ2n) is 4.91. The molecule has 0 aliphatic carbocycles. The van der Waals surface area contributed by atoms with Crippen molar-refractivity contribution in [3.8, 4) is 5.75 Å². The molecule has 0 saturated carbocycles. The first-order valence-corrected chi connectivity index (χ1v) is 6.37. The van der Waals surface area contributed by atoms with E-state index in [1.807, 2.05) is 12.1 Å². The summed E-state index contributed by atoms with van der Waals surface area (Å²) in [5.41, 5.74) is 0.921. The lowest BCUT2D eigenvalue weighted by atomic mass is 10.1. The molecule has 96 valence electrons. The molecule has 17 heavy (non-hydrogen) atoms. The molecule has 0 saturated heterocycles. The van der Waals surface area contributed by atoms with Crippen LogP contribution in [0.2, 0.25) is 0 Å². The summed E-state index contributed by atoms with van der Waals surface area (Å²) >= 11 is 0. The predicted octanol–water partition coefficient (Wildman–Crippen LogP) is 3.32. The maximum absolute atomic E-state index is 5.86. The van der Waals surface area contributed by atoms with Crippen LogP contribution in [-0.2, 0) is 0 Å². The number of nitrogens with zero attached hydrogens (tertiary/aromatic N) is 1. The zero-order chi connectivity index (χ0) is 12.9. The maximum atomic E-state index is 5.86. The second kappa shape index (κ2) is 6.01. The van der Waals surface area contributed by atoms with Gasteiger partial charge in [0.1, 0.15) is 11.4 Å². The van der Waals surface area contributed by atoms with Crippen LogP contribution in [0.4, 0.5) is 0 Å². The fourth-order valence-corrected chi connectivity index (χ4v) is 1.51. The van der Waals surface area contributed by atoms with E-state index in [1.54, 1.807) is 6.20 Å².